The van der Waals surface area contributed by atoms with Crippen LogP contribution in [0.1, 0.15) is 51.2 Å². The van der Waals surface area contributed by atoms with Crippen LogP contribution < -0.4 is 5.32 Å². The lowest BCUT2D eigenvalue weighted by Crippen LogP contribution is -2.53. The third-order valence-corrected chi connectivity index (χ3v) is 6.88. The minimum atomic E-state index is -0.135. The molecule has 40 heavy (non-hydrogen) atoms. The number of nitrogens with zero attached hydrogens (tertiary/aromatic N) is 2. The van der Waals surface area contributed by atoms with Gasteiger partial charge in [-0.25, -0.2) is 0 Å². The first-order valence-corrected chi connectivity index (χ1v) is 14.0. The zero-order chi connectivity index (χ0) is 28.3. The second kappa shape index (κ2) is 21.0. The van der Waals surface area contributed by atoms with Crippen molar-refractivity contribution in [2.75, 3.05) is 53.6 Å². The largest absolute Gasteiger partial charge is 0.469 e. The van der Waals surface area contributed by atoms with Crippen LogP contribution in [0.3, 0.4) is 0 Å². The van der Waals surface area contributed by atoms with Crippen molar-refractivity contribution in [1.82, 2.24) is 15.1 Å². The summed E-state index contributed by atoms with van der Waals surface area (Å²) < 4.78 is 9.51. The maximum Gasteiger partial charge on any atom is 0.307 e. The molecule has 2 aliphatic heterocycles. The molecule has 0 aliphatic carbocycles. The first-order chi connectivity index (χ1) is 19.0. The lowest BCUT2D eigenvalue weighted by molar-refractivity contribution is -0.143. The number of aliphatic hydroxyl groups is 1. The molecule has 0 amide bonds. The van der Waals surface area contributed by atoms with E-state index in [1.165, 1.54) is 31.8 Å². The molecule has 0 aromatic heterocycles. The molecule has 0 spiro atoms. The first-order valence-electron chi connectivity index (χ1n) is 14.0. The molecule has 4 rings (SSSR count). The molecular weight excluding hydrogens is 506 g/mol. The SMILES string of the molecule is C.CCO.COC(=O)CC1CCCNC1.COC(=O)CC1CN(Cc2ccccc2)CCN1Cc1ccccc1. The van der Waals surface area contributed by atoms with Crippen LogP contribution in [-0.2, 0) is 32.2 Å². The number of piperazine rings is 1. The van der Waals surface area contributed by atoms with Crippen molar-refractivity contribution in [3.63, 3.8) is 0 Å². The summed E-state index contributed by atoms with van der Waals surface area (Å²) in [6.45, 7) is 8.66. The van der Waals surface area contributed by atoms with Crippen molar-refractivity contribution >= 4 is 11.9 Å². The van der Waals surface area contributed by atoms with Gasteiger partial charge in [0.05, 0.1) is 20.6 Å². The van der Waals surface area contributed by atoms with Gasteiger partial charge in [0, 0.05) is 51.8 Å². The molecule has 2 N–H and O–H groups in total. The highest BCUT2D eigenvalue weighted by molar-refractivity contribution is 5.70. The van der Waals surface area contributed by atoms with Gasteiger partial charge < -0.3 is 19.9 Å². The van der Waals surface area contributed by atoms with Crippen LogP contribution in [0.25, 0.3) is 0 Å². The number of hydrogen-bond donors (Lipinski definition) is 2. The van der Waals surface area contributed by atoms with Crippen LogP contribution in [0.5, 0.6) is 0 Å². The third kappa shape index (κ3) is 14.0. The van der Waals surface area contributed by atoms with Crippen molar-refractivity contribution in [1.29, 1.82) is 0 Å². The molecule has 2 aromatic rings. The minimum Gasteiger partial charge on any atom is -0.469 e. The second-order valence-electron chi connectivity index (χ2n) is 9.92. The third-order valence-electron chi connectivity index (χ3n) is 6.88. The van der Waals surface area contributed by atoms with Gasteiger partial charge in [0.1, 0.15) is 0 Å². The zero-order valence-corrected chi connectivity index (χ0v) is 23.9. The summed E-state index contributed by atoms with van der Waals surface area (Å²) in [5, 5.41) is 10.8. The maximum absolute atomic E-state index is 11.9. The molecule has 2 heterocycles. The second-order valence-corrected chi connectivity index (χ2v) is 9.92. The Kier molecular flexibility index (Phi) is 18.5. The summed E-state index contributed by atoms with van der Waals surface area (Å²) >= 11 is 0. The van der Waals surface area contributed by atoms with Crippen LogP contribution in [0, 0.1) is 5.92 Å². The van der Waals surface area contributed by atoms with Crippen LogP contribution in [-0.4, -0.2) is 86.4 Å². The lowest BCUT2D eigenvalue weighted by atomic mass is 9.96. The van der Waals surface area contributed by atoms with Crippen LogP contribution >= 0.6 is 0 Å². The maximum atomic E-state index is 11.9. The molecule has 2 aliphatic rings. The van der Waals surface area contributed by atoms with Crippen LogP contribution in [0.15, 0.2) is 60.7 Å². The van der Waals surface area contributed by atoms with E-state index in [9.17, 15) is 9.59 Å². The predicted molar refractivity (Wildman–Crippen MR) is 161 cm³/mol. The van der Waals surface area contributed by atoms with Gasteiger partial charge in [0.15, 0.2) is 0 Å². The minimum absolute atomic E-state index is 0. The monoisotopic (exact) mass is 557 g/mol. The molecular formula is C32H51N3O5. The number of esters is 2. The smallest absolute Gasteiger partial charge is 0.307 e. The van der Waals surface area contributed by atoms with E-state index < -0.39 is 0 Å². The van der Waals surface area contributed by atoms with Gasteiger partial charge in [-0.15, -0.1) is 0 Å². The Morgan fingerprint density at radius 2 is 1.45 bits per heavy atom. The summed E-state index contributed by atoms with van der Waals surface area (Å²) in [5.74, 6) is 0.277. The van der Waals surface area contributed by atoms with E-state index in [1.807, 2.05) is 12.1 Å². The molecule has 2 atom stereocenters. The fourth-order valence-electron chi connectivity index (χ4n) is 4.86. The lowest BCUT2D eigenvalue weighted by Gasteiger charge is -2.41. The number of benzene rings is 2. The summed E-state index contributed by atoms with van der Waals surface area (Å²) in [7, 11) is 2.91. The Hall–Kier alpha value is -2.78. The summed E-state index contributed by atoms with van der Waals surface area (Å²) in [6, 6.07) is 21.2. The van der Waals surface area contributed by atoms with Gasteiger partial charge in [0.25, 0.3) is 0 Å². The number of piperidine rings is 1. The number of rotatable bonds is 8. The van der Waals surface area contributed by atoms with Crippen molar-refractivity contribution in [2.24, 2.45) is 5.92 Å². The Morgan fingerprint density at radius 3 is 1.98 bits per heavy atom. The Bertz CT molecular complexity index is 923. The van der Waals surface area contributed by atoms with Crippen molar-refractivity contribution in [2.45, 2.75) is 59.2 Å². The van der Waals surface area contributed by atoms with E-state index in [0.29, 0.717) is 18.8 Å². The number of carbonyl (C=O) groups is 2. The molecule has 0 saturated carbocycles. The van der Waals surface area contributed by atoms with E-state index in [0.717, 1.165) is 52.2 Å². The number of carbonyl (C=O) groups excluding carboxylic acids is 2. The summed E-state index contributed by atoms with van der Waals surface area (Å²) in [4.78, 5) is 27.6. The Balaban J connectivity index is 0.000000447. The number of hydrogen-bond acceptors (Lipinski definition) is 8. The van der Waals surface area contributed by atoms with Gasteiger partial charge in [-0.05, 0) is 49.9 Å². The van der Waals surface area contributed by atoms with Crippen LogP contribution in [0.2, 0.25) is 0 Å². The molecule has 0 radical (unpaired) electrons. The van der Waals surface area contributed by atoms with Gasteiger partial charge in [0.2, 0.25) is 0 Å². The highest BCUT2D eigenvalue weighted by atomic mass is 16.5. The van der Waals surface area contributed by atoms with E-state index in [4.69, 9.17) is 9.84 Å². The van der Waals surface area contributed by atoms with Crippen molar-refractivity contribution < 1.29 is 24.2 Å². The average Bonchev–Trinajstić information content (AvgIpc) is 2.97. The number of ether oxygens (including phenoxy) is 2. The topological polar surface area (TPSA) is 91.3 Å². The number of nitrogens with one attached hydrogen (secondary N) is 1. The number of aliphatic hydroxyl groups excluding tert-OH is 1. The summed E-state index contributed by atoms with van der Waals surface area (Å²) in [5.41, 5.74) is 2.60. The van der Waals surface area contributed by atoms with Gasteiger partial charge in [-0.2, -0.15) is 0 Å². The van der Waals surface area contributed by atoms with Crippen molar-refractivity contribution in [3.8, 4) is 0 Å². The molecule has 0 bridgehead atoms. The highest BCUT2D eigenvalue weighted by Crippen LogP contribution is 2.19. The first kappa shape index (κ1) is 35.2. The van der Waals surface area contributed by atoms with Crippen LogP contribution in [0.4, 0.5) is 0 Å². The standard InChI is InChI=1S/C21H26N2O2.C8H15NO2.C2H6O.CH4/c1-25-21(24)14-20-17-22(15-18-8-4-2-5-9-18)12-13-23(20)16-19-10-6-3-7-11-19;1-11-8(10)5-7-3-2-4-9-6-7;1-2-3;/h2-11,20H,12-17H2,1H3;7,9H,2-6H2,1H3;3H,2H2,1H3;1H4. The zero-order valence-electron chi connectivity index (χ0n) is 23.9. The van der Waals surface area contributed by atoms with Gasteiger partial charge in [-0.3, -0.25) is 19.4 Å². The van der Waals surface area contributed by atoms with E-state index >= 15 is 0 Å². The van der Waals surface area contributed by atoms with Gasteiger partial charge in [-0.1, -0.05) is 68.1 Å². The average molecular weight is 558 g/mol. The molecule has 8 nitrogen and oxygen atoms in total. The fourth-order valence-corrected chi connectivity index (χ4v) is 4.86. The van der Waals surface area contributed by atoms with Crippen molar-refractivity contribution in [3.05, 3.63) is 71.8 Å². The molecule has 2 fully saturated rings. The summed E-state index contributed by atoms with van der Waals surface area (Å²) in [6.07, 6.45) is 3.35. The van der Waals surface area contributed by atoms with Gasteiger partial charge >= 0.3 is 11.9 Å². The quantitative estimate of drug-likeness (QED) is 0.469. The molecule has 2 unspecified atom stereocenters. The molecule has 224 valence electrons. The highest BCUT2D eigenvalue weighted by Gasteiger charge is 2.29. The number of methoxy groups -OCH3 is 2. The fraction of sp³-hybridized carbons (Fsp3) is 0.562. The van der Waals surface area contributed by atoms with E-state index in [1.54, 1.807) is 6.92 Å². The Labute approximate surface area is 241 Å². The molecule has 2 aromatic carbocycles. The normalized spacial score (nSPS) is 19.0. The van der Waals surface area contributed by atoms with E-state index in [-0.39, 0.29) is 32.0 Å². The molecule has 2 saturated heterocycles. The molecule has 8 heteroatoms. The Morgan fingerprint density at radius 1 is 0.900 bits per heavy atom. The predicted octanol–water partition coefficient (Wildman–Crippen LogP) is 4.12. The van der Waals surface area contributed by atoms with E-state index in [2.05, 4.69) is 68.4 Å².